The van der Waals surface area contributed by atoms with Gasteiger partial charge in [0, 0.05) is 11.4 Å². The summed E-state index contributed by atoms with van der Waals surface area (Å²) in [6, 6.07) is 4.90. The maximum atomic E-state index is 12.5. The van der Waals surface area contributed by atoms with E-state index in [1.807, 2.05) is 6.92 Å². The third kappa shape index (κ3) is 3.85. The number of aromatic nitrogens is 2. The molecule has 0 saturated carbocycles. The van der Waals surface area contributed by atoms with Crippen LogP contribution in [0.2, 0.25) is 0 Å². The Hall–Kier alpha value is -2.48. The number of benzene rings is 1. The minimum Gasteiger partial charge on any atom is -0.490 e. The topological polar surface area (TPSA) is 56.3 Å². The molecule has 0 spiro atoms. The molecular weight excluding hydrogens is 360 g/mol. The fraction of sp³-hybridized carbons (Fsp3) is 0.333. The number of fused-ring (bicyclic) bond motifs is 1. The van der Waals surface area contributed by atoms with Crippen LogP contribution in [0, 0.1) is 13.8 Å². The molecule has 8 heteroatoms. The summed E-state index contributed by atoms with van der Waals surface area (Å²) < 4.78 is 34.9. The smallest absolute Gasteiger partial charge is 0.387 e. The van der Waals surface area contributed by atoms with E-state index in [0.717, 1.165) is 27.2 Å². The van der Waals surface area contributed by atoms with Crippen LogP contribution in [0.25, 0.3) is 10.2 Å². The zero-order valence-corrected chi connectivity index (χ0v) is 15.5. The number of nitrogens with one attached hydrogen (secondary N) is 1. The molecule has 5 nitrogen and oxygen atoms in total. The first-order chi connectivity index (χ1) is 12.5. The van der Waals surface area contributed by atoms with Gasteiger partial charge in [0.2, 0.25) is 0 Å². The van der Waals surface area contributed by atoms with Gasteiger partial charge in [-0.15, -0.1) is 11.3 Å². The standard InChI is InChI=1S/C18H19F2N3O2S/c1-4-24-14-7-12(5-6-13(14)25-18(19)20)8-21-16-15-10(2)11(3)26-17(15)23-9-22-16/h5-7,9,18H,4,8H2,1-3H3,(H,21,22,23). The average Bonchev–Trinajstić information content (AvgIpc) is 2.90. The Balaban J connectivity index is 1.83. The average molecular weight is 379 g/mol. The molecule has 0 unspecified atom stereocenters. The molecule has 0 aliphatic rings. The van der Waals surface area contributed by atoms with E-state index in [2.05, 4.69) is 26.9 Å². The highest BCUT2D eigenvalue weighted by Crippen LogP contribution is 2.33. The van der Waals surface area contributed by atoms with Crippen molar-refractivity contribution in [2.45, 2.75) is 33.9 Å². The van der Waals surface area contributed by atoms with Crippen LogP contribution in [0.4, 0.5) is 14.6 Å². The van der Waals surface area contributed by atoms with Crippen LogP contribution in [-0.4, -0.2) is 23.2 Å². The van der Waals surface area contributed by atoms with Gasteiger partial charge in [-0.05, 0) is 44.0 Å². The lowest BCUT2D eigenvalue weighted by Gasteiger charge is -2.13. The molecule has 0 aliphatic carbocycles. The third-order valence-corrected chi connectivity index (χ3v) is 5.06. The number of thiophene rings is 1. The molecule has 0 amide bonds. The number of halogens is 2. The van der Waals surface area contributed by atoms with Gasteiger partial charge in [0.15, 0.2) is 11.5 Å². The van der Waals surface area contributed by atoms with E-state index in [4.69, 9.17) is 4.74 Å². The number of anilines is 1. The second-order valence-corrected chi connectivity index (χ2v) is 6.84. The molecule has 0 fully saturated rings. The van der Waals surface area contributed by atoms with E-state index in [1.54, 1.807) is 30.4 Å². The van der Waals surface area contributed by atoms with Crippen LogP contribution in [0.15, 0.2) is 24.5 Å². The number of hydrogen-bond acceptors (Lipinski definition) is 6. The SMILES string of the molecule is CCOc1cc(CNc2ncnc3sc(C)c(C)c23)ccc1OC(F)F. The number of alkyl halides is 2. The van der Waals surface area contributed by atoms with Crippen molar-refractivity contribution in [3.05, 3.63) is 40.5 Å². The maximum Gasteiger partial charge on any atom is 0.387 e. The number of hydrogen-bond donors (Lipinski definition) is 1. The monoisotopic (exact) mass is 379 g/mol. The first kappa shape index (κ1) is 18.3. The molecular formula is C18H19F2N3O2S. The predicted molar refractivity (Wildman–Crippen MR) is 98.5 cm³/mol. The normalized spacial score (nSPS) is 11.2. The summed E-state index contributed by atoms with van der Waals surface area (Å²) in [6.45, 7) is 3.83. The molecule has 2 aromatic heterocycles. The Labute approximate surface area is 154 Å². The predicted octanol–water partition coefficient (Wildman–Crippen LogP) is 4.92. The molecule has 26 heavy (non-hydrogen) atoms. The number of aryl methyl sites for hydroxylation is 2. The second-order valence-electron chi connectivity index (χ2n) is 5.63. The van der Waals surface area contributed by atoms with E-state index in [9.17, 15) is 8.78 Å². The highest BCUT2D eigenvalue weighted by Gasteiger charge is 2.14. The molecule has 138 valence electrons. The van der Waals surface area contributed by atoms with Crippen LogP contribution < -0.4 is 14.8 Å². The third-order valence-electron chi connectivity index (χ3n) is 3.95. The maximum absolute atomic E-state index is 12.5. The zero-order chi connectivity index (χ0) is 18.7. The highest BCUT2D eigenvalue weighted by atomic mass is 32.1. The molecule has 0 bridgehead atoms. The molecule has 1 aromatic carbocycles. The first-order valence-corrected chi connectivity index (χ1v) is 8.96. The van der Waals surface area contributed by atoms with Gasteiger partial charge in [-0.2, -0.15) is 8.78 Å². The van der Waals surface area contributed by atoms with Crippen molar-refractivity contribution in [3.8, 4) is 11.5 Å². The van der Waals surface area contributed by atoms with Crippen LogP contribution in [0.5, 0.6) is 11.5 Å². The molecule has 3 aromatic rings. The van der Waals surface area contributed by atoms with Gasteiger partial charge in [-0.3, -0.25) is 0 Å². The van der Waals surface area contributed by atoms with E-state index < -0.39 is 6.61 Å². The van der Waals surface area contributed by atoms with Gasteiger partial charge >= 0.3 is 6.61 Å². The summed E-state index contributed by atoms with van der Waals surface area (Å²) in [4.78, 5) is 10.8. The fourth-order valence-electron chi connectivity index (χ4n) is 2.63. The second kappa shape index (κ2) is 7.82. The zero-order valence-electron chi connectivity index (χ0n) is 14.7. The Morgan fingerprint density at radius 3 is 2.73 bits per heavy atom. The van der Waals surface area contributed by atoms with Crippen molar-refractivity contribution >= 4 is 27.4 Å². The molecule has 0 radical (unpaired) electrons. The summed E-state index contributed by atoms with van der Waals surface area (Å²) in [5.41, 5.74) is 2.02. The number of rotatable bonds is 7. The van der Waals surface area contributed by atoms with Crippen molar-refractivity contribution < 1.29 is 18.3 Å². The summed E-state index contributed by atoms with van der Waals surface area (Å²) in [5.74, 6) is 1.07. The molecule has 3 rings (SSSR count). The van der Waals surface area contributed by atoms with Crippen LogP contribution >= 0.6 is 11.3 Å². The first-order valence-electron chi connectivity index (χ1n) is 8.14. The highest BCUT2D eigenvalue weighted by molar-refractivity contribution is 7.18. The van der Waals surface area contributed by atoms with Gasteiger partial charge in [0.25, 0.3) is 0 Å². The summed E-state index contributed by atoms with van der Waals surface area (Å²) in [6.07, 6.45) is 1.53. The summed E-state index contributed by atoms with van der Waals surface area (Å²) in [7, 11) is 0. The number of ether oxygens (including phenoxy) is 2. The summed E-state index contributed by atoms with van der Waals surface area (Å²) >= 11 is 1.63. The van der Waals surface area contributed by atoms with Gasteiger partial charge < -0.3 is 14.8 Å². The summed E-state index contributed by atoms with van der Waals surface area (Å²) in [5, 5.41) is 4.31. The number of nitrogens with zero attached hydrogens (tertiary/aromatic N) is 2. The van der Waals surface area contributed by atoms with Crippen molar-refractivity contribution in [2.24, 2.45) is 0 Å². The largest absolute Gasteiger partial charge is 0.490 e. The lowest BCUT2D eigenvalue weighted by atomic mass is 10.2. The van der Waals surface area contributed by atoms with E-state index in [1.165, 1.54) is 17.3 Å². The fourth-order valence-corrected chi connectivity index (χ4v) is 3.62. The molecule has 0 saturated heterocycles. The van der Waals surface area contributed by atoms with Gasteiger partial charge in [-0.1, -0.05) is 6.07 Å². The van der Waals surface area contributed by atoms with Gasteiger partial charge in [0.05, 0.1) is 12.0 Å². The van der Waals surface area contributed by atoms with Gasteiger partial charge in [-0.25, -0.2) is 9.97 Å². The Morgan fingerprint density at radius 2 is 2.00 bits per heavy atom. The lowest BCUT2D eigenvalue weighted by Crippen LogP contribution is -2.06. The Kier molecular flexibility index (Phi) is 5.51. The molecule has 0 atom stereocenters. The van der Waals surface area contributed by atoms with Crippen LogP contribution in [0.3, 0.4) is 0 Å². The van der Waals surface area contributed by atoms with Gasteiger partial charge in [0.1, 0.15) is 17.0 Å². The van der Waals surface area contributed by atoms with Crippen molar-refractivity contribution in [3.63, 3.8) is 0 Å². The molecule has 2 heterocycles. The van der Waals surface area contributed by atoms with E-state index >= 15 is 0 Å². The van der Waals surface area contributed by atoms with Crippen LogP contribution in [0.1, 0.15) is 22.9 Å². The Morgan fingerprint density at radius 1 is 1.19 bits per heavy atom. The van der Waals surface area contributed by atoms with E-state index in [-0.39, 0.29) is 5.75 Å². The molecule has 1 N–H and O–H groups in total. The minimum atomic E-state index is -2.89. The quantitative estimate of drug-likeness (QED) is 0.631. The van der Waals surface area contributed by atoms with Crippen molar-refractivity contribution in [1.82, 2.24) is 9.97 Å². The minimum absolute atomic E-state index is 0.0272. The van der Waals surface area contributed by atoms with Crippen molar-refractivity contribution in [1.29, 1.82) is 0 Å². The van der Waals surface area contributed by atoms with Crippen molar-refractivity contribution in [2.75, 3.05) is 11.9 Å². The lowest BCUT2D eigenvalue weighted by molar-refractivity contribution is -0.0514. The van der Waals surface area contributed by atoms with E-state index in [0.29, 0.717) is 18.9 Å². The van der Waals surface area contributed by atoms with Crippen LogP contribution in [-0.2, 0) is 6.54 Å². The Bertz CT molecular complexity index is 915. The molecule has 0 aliphatic heterocycles.